The largest absolute Gasteiger partial charge is 0.354 e. The van der Waals surface area contributed by atoms with Crippen molar-refractivity contribution in [1.29, 1.82) is 0 Å². The van der Waals surface area contributed by atoms with Crippen molar-refractivity contribution in [3.63, 3.8) is 0 Å². The fourth-order valence-electron chi connectivity index (χ4n) is 4.93. The first kappa shape index (κ1) is 34.2. The molecule has 4 nitrogen and oxygen atoms in total. The molecule has 1 aromatic heterocycles. The highest BCUT2D eigenvalue weighted by Crippen LogP contribution is 2.34. The number of hydrogen-bond acceptors (Lipinski definition) is 5. The zero-order chi connectivity index (χ0) is 30.6. The Morgan fingerprint density at radius 2 is 1.76 bits per heavy atom. The van der Waals surface area contributed by atoms with Gasteiger partial charge in [-0.05, 0) is 86.0 Å². The number of hydrogen-bond donors (Lipinski definition) is 1. The standard InChI is InChI=1S/C32H40N4S.2C2H6/c1-8-10-26-22(2)11-9-12-27(26)25-17-23(3)28(19-33-7)29(18-25)34-24(4)30-21-37-31(35-30)20-36-15-13-32(5,6)14-16-36;2*1-2/h8-12,17-19,21,34H,4,13-16,20H2,1-3,5-7H3;2*1-2H3/b10-8-,33-19?;;. The predicted octanol–water partition coefficient (Wildman–Crippen LogP) is 10.3. The lowest BCUT2D eigenvalue weighted by atomic mass is 9.83. The number of aromatic nitrogens is 1. The molecule has 5 heteroatoms. The molecule has 1 saturated heterocycles. The third kappa shape index (κ3) is 9.24. The van der Waals surface area contributed by atoms with E-state index in [0.717, 1.165) is 47.3 Å². The Balaban J connectivity index is 0.00000141. The number of anilines is 1. The van der Waals surface area contributed by atoms with Crippen molar-refractivity contribution in [2.24, 2.45) is 10.4 Å². The van der Waals surface area contributed by atoms with Crippen LogP contribution in [-0.4, -0.2) is 36.2 Å². The summed E-state index contributed by atoms with van der Waals surface area (Å²) in [5.41, 5.74) is 10.3. The number of benzene rings is 2. The molecule has 4 rings (SSSR count). The van der Waals surface area contributed by atoms with E-state index in [2.05, 4.69) is 104 Å². The van der Waals surface area contributed by atoms with Crippen molar-refractivity contribution in [2.45, 2.75) is 81.7 Å². The van der Waals surface area contributed by atoms with Gasteiger partial charge in [0.2, 0.25) is 0 Å². The molecule has 0 bridgehead atoms. The van der Waals surface area contributed by atoms with Crippen LogP contribution in [-0.2, 0) is 6.54 Å². The maximum absolute atomic E-state index is 4.94. The summed E-state index contributed by atoms with van der Waals surface area (Å²) in [5.74, 6) is 0. The first-order valence-corrected chi connectivity index (χ1v) is 16.0. The van der Waals surface area contributed by atoms with Crippen LogP contribution < -0.4 is 5.32 Å². The van der Waals surface area contributed by atoms with Crippen molar-refractivity contribution >= 4 is 35.0 Å². The summed E-state index contributed by atoms with van der Waals surface area (Å²) in [6, 6.07) is 10.9. The molecule has 1 fully saturated rings. The number of aliphatic imine (C=N–C) groups is 1. The fourth-order valence-corrected chi connectivity index (χ4v) is 5.79. The molecule has 0 saturated carbocycles. The highest BCUT2D eigenvalue weighted by Gasteiger charge is 2.25. The Morgan fingerprint density at radius 1 is 1.07 bits per heavy atom. The molecule has 3 aromatic rings. The number of likely N-dealkylation sites (tertiary alicyclic amines) is 1. The topological polar surface area (TPSA) is 40.5 Å². The van der Waals surface area contributed by atoms with E-state index in [1.54, 1.807) is 11.3 Å². The van der Waals surface area contributed by atoms with Gasteiger partial charge >= 0.3 is 0 Å². The minimum atomic E-state index is 0.459. The van der Waals surface area contributed by atoms with Crippen LogP contribution in [0.3, 0.4) is 0 Å². The van der Waals surface area contributed by atoms with Crippen molar-refractivity contribution < 1.29 is 0 Å². The lowest BCUT2D eigenvalue weighted by molar-refractivity contribution is 0.127. The van der Waals surface area contributed by atoms with E-state index in [4.69, 9.17) is 4.98 Å². The Morgan fingerprint density at radius 3 is 2.39 bits per heavy atom. The summed E-state index contributed by atoms with van der Waals surface area (Å²) in [6.45, 7) is 26.7. The van der Waals surface area contributed by atoms with Crippen molar-refractivity contribution in [2.75, 3.05) is 25.5 Å². The molecule has 2 aromatic carbocycles. The summed E-state index contributed by atoms with van der Waals surface area (Å²) in [5, 5.41) is 6.85. The SMILES string of the molecule is C=C(Nc1cc(-c2cccc(C)c2/C=C\C)cc(C)c1C=NC)c1csc(CN2CCC(C)(C)CC2)n1.CC.CC. The van der Waals surface area contributed by atoms with Crippen LogP contribution in [0.2, 0.25) is 0 Å². The minimum absolute atomic E-state index is 0.459. The van der Waals surface area contributed by atoms with E-state index in [1.807, 2.05) is 41.0 Å². The number of rotatable bonds is 8. The summed E-state index contributed by atoms with van der Waals surface area (Å²) in [7, 11) is 1.81. The molecule has 1 N–H and O–H groups in total. The zero-order valence-corrected chi connectivity index (χ0v) is 28.0. The quantitative estimate of drug-likeness (QED) is 0.273. The molecule has 1 aliphatic rings. The lowest BCUT2D eigenvalue weighted by Crippen LogP contribution is -2.36. The Labute approximate surface area is 254 Å². The van der Waals surface area contributed by atoms with Crippen LogP contribution in [0.25, 0.3) is 22.9 Å². The summed E-state index contributed by atoms with van der Waals surface area (Å²) >= 11 is 1.72. The van der Waals surface area contributed by atoms with E-state index >= 15 is 0 Å². The molecule has 0 aliphatic carbocycles. The maximum Gasteiger partial charge on any atom is 0.107 e. The van der Waals surface area contributed by atoms with Gasteiger partial charge in [0.1, 0.15) is 5.01 Å². The number of piperidine rings is 1. The minimum Gasteiger partial charge on any atom is -0.354 e. The van der Waals surface area contributed by atoms with Gasteiger partial charge in [-0.25, -0.2) is 4.98 Å². The van der Waals surface area contributed by atoms with Crippen LogP contribution in [0.5, 0.6) is 0 Å². The molecule has 0 unspecified atom stereocenters. The molecular formula is C36H52N4S. The molecule has 0 amide bonds. The van der Waals surface area contributed by atoms with E-state index in [-0.39, 0.29) is 0 Å². The van der Waals surface area contributed by atoms with Gasteiger partial charge < -0.3 is 5.32 Å². The van der Waals surface area contributed by atoms with Crippen molar-refractivity contribution in [3.8, 4) is 11.1 Å². The number of nitrogens with zero attached hydrogens (tertiary/aromatic N) is 3. The highest BCUT2D eigenvalue weighted by molar-refractivity contribution is 7.09. The zero-order valence-electron chi connectivity index (χ0n) is 27.2. The predicted molar refractivity (Wildman–Crippen MR) is 185 cm³/mol. The first-order chi connectivity index (χ1) is 19.7. The van der Waals surface area contributed by atoms with Gasteiger partial charge in [0.15, 0.2) is 0 Å². The molecular weight excluding hydrogens is 520 g/mol. The lowest BCUT2D eigenvalue weighted by Gasteiger charge is -2.36. The van der Waals surface area contributed by atoms with Gasteiger partial charge in [0.05, 0.1) is 17.9 Å². The second-order valence-corrected chi connectivity index (χ2v) is 11.8. The summed E-state index contributed by atoms with van der Waals surface area (Å²) in [6.07, 6.45) is 8.69. The first-order valence-electron chi connectivity index (χ1n) is 15.1. The smallest absolute Gasteiger partial charge is 0.107 e. The second kappa shape index (κ2) is 16.4. The average Bonchev–Trinajstić information content (AvgIpc) is 3.44. The molecule has 222 valence electrons. The number of aryl methyl sites for hydroxylation is 2. The molecule has 0 spiro atoms. The van der Waals surface area contributed by atoms with Gasteiger partial charge in [-0.15, -0.1) is 11.3 Å². The van der Waals surface area contributed by atoms with Gasteiger partial charge in [-0.1, -0.05) is 84.5 Å². The molecule has 1 aliphatic heterocycles. The van der Waals surface area contributed by atoms with Crippen LogP contribution in [0, 0.1) is 19.3 Å². The Hall–Kier alpha value is -3.02. The summed E-state index contributed by atoms with van der Waals surface area (Å²) in [4.78, 5) is 11.8. The second-order valence-electron chi connectivity index (χ2n) is 10.8. The van der Waals surface area contributed by atoms with Gasteiger partial charge in [0, 0.05) is 29.9 Å². The number of nitrogens with one attached hydrogen (secondary N) is 1. The van der Waals surface area contributed by atoms with E-state index < -0.39 is 0 Å². The molecule has 2 heterocycles. The van der Waals surface area contributed by atoms with Gasteiger partial charge in [-0.2, -0.15) is 0 Å². The Bertz CT molecular complexity index is 1320. The van der Waals surface area contributed by atoms with Crippen LogP contribution in [0.1, 0.15) is 94.3 Å². The van der Waals surface area contributed by atoms with Crippen LogP contribution in [0.4, 0.5) is 5.69 Å². The van der Waals surface area contributed by atoms with Crippen molar-refractivity contribution in [1.82, 2.24) is 9.88 Å². The van der Waals surface area contributed by atoms with Crippen LogP contribution >= 0.6 is 11.3 Å². The van der Waals surface area contributed by atoms with E-state index in [0.29, 0.717) is 5.41 Å². The van der Waals surface area contributed by atoms with E-state index in [1.165, 1.54) is 40.7 Å². The third-order valence-electron chi connectivity index (χ3n) is 7.33. The molecule has 41 heavy (non-hydrogen) atoms. The number of thiazole rings is 1. The van der Waals surface area contributed by atoms with Gasteiger partial charge in [-0.3, -0.25) is 9.89 Å². The maximum atomic E-state index is 4.94. The Kier molecular flexibility index (Phi) is 13.7. The van der Waals surface area contributed by atoms with E-state index in [9.17, 15) is 0 Å². The molecule has 0 atom stereocenters. The average molecular weight is 573 g/mol. The molecule has 0 radical (unpaired) electrons. The van der Waals surface area contributed by atoms with Gasteiger partial charge in [0.25, 0.3) is 0 Å². The summed E-state index contributed by atoms with van der Waals surface area (Å²) < 4.78 is 0. The third-order valence-corrected chi connectivity index (χ3v) is 8.16. The number of allylic oxidation sites excluding steroid dienone is 1. The fraction of sp³-hybridized carbons (Fsp3) is 0.444. The van der Waals surface area contributed by atoms with Crippen LogP contribution in [0.15, 0.2) is 53.4 Å². The monoisotopic (exact) mass is 572 g/mol. The van der Waals surface area contributed by atoms with Crippen molar-refractivity contribution in [3.05, 3.63) is 81.3 Å². The highest BCUT2D eigenvalue weighted by atomic mass is 32.1. The normalized spacial score (nSPS) is 14.8.